The second-order valence-corrected chi connectivity index (χ2v) is 14.2. The first-order valence-corrected chi connectivity index (χ1v) is 12.5. The quantitative estimate of drug-likeness (QED) is 0.372. The first-order chi connectivity index (χ1) is 13.2. The molecule has 0 aromatic heterocycles. The Bertz CT molecular complexity index is 650. The van der Waals surface area contributed by atoms with E-state index in [0.29, 0.717) is 29.8 Å². The molecule has 0 aliphatic carbocycles. The fourth-order valence-electron chi connectivity index (χ4n) is 4.30. The molecule has 156 valence electrons. The van der Waals surface area contributed by atoms with Crippen LogP contribution in [0.5, 0.6) is 5.75 Å². The molecule has 0 radical (unpaired) electrons. The average Bonchev–Trinajstić information content (AvgIpc) is 3.41. The maximum absolute atomic E-state index is 10.5. The van der Waals surface area contributed by atoms with Gasteiger partial charge in [-0.15, -0.1) is 5.54 Å². The molecule has 0 saturated carbocycles. The minimum atomic E-state index is -1.83. The number of ether oxygens (including phenoxy) is 3. The number of benzene rings is 1. The van der Waals surface area contributed by atoms with E-state index in [2.05, 4.69) is 53.0 Å². The Morgan fingerprint density at radius 1 is 1.04 bits per heavy atom. The van der Waals surface area contributed by atoms with Crippen LogP contribution in [0.25, 0.3) is 0 Å². The van der Waals surface area contributed by atoms with Gasteiger partial charge in [-0.1, -0.05) is 59.6 Å². The zero-order valence-corrected chi connectivity index (χ0v) is 19.4. The molecular formula is C23H36O4Si. The summed E-state index contributed by atoms with van der Waals surface area (Å²) in [7, 11) is -0.173. The molecule has 1 aliphatic heterocycles. The number of hydrogen-bond acceptors (Lipinski definition) is 4. The smallest absolute Gasteiger partial charge is 0.146 e. The van der Waals surface area contributed by atoms with Crippen LogP contribution >= 0.6 is 0 Å². The monoisotopic (exact) mass is 404 g/mol. The van der Waals surface area contributed by atoms with Gasteiger partial charge in [-0.3, -0.25) is 0 Å². The maximum Gasteiger partial charge on any atom is 0.146 e. The summed E-state index contributed by atoms with van der Waals surface area (Å²) in [6, 6.07) is 7.81. The normalized spacial score (nSPS) is 20.2. The lowest BCUT2D eigenvalue weighted by atomic mass is 10.2. The van der Waals surface area contributed by atoms with Crippen LogP contribution in [0.1, 0.15) is 47.1 Å². The van der Waals surface area contributed by atoms with Crippen molar-refractivity contribution < 1.29 is 19.3 Å². The van der Waals surface area contributed by atoms with Crippen molar-refractivity contribution in [2.45, 2.75) is 83.1 Å². The minimum Gasteiger partial charge on any atom is -0.497 e. The van der Waals surface area contributed by atoms with Gasteiger partial charge in [-0.05, 0) is 34.3 Å². The summed E-state index contributed by atoms with van der Waals surface area (Å²) in [6.45, 7) is 14.6. The van der Waals surface area contributed by atoms with E-state index in [1.54, 1.807) is 7.11 Å². The van der Waals surface area contributed by atoms with Crippen LogP contribution in [0.15, 0.2) is 24.3 Å². The summed E-state index contributed by atoms with van der Waals surface area (Å²) >= 11 is 0. The molecule has 0 bridgehead atoms. The third-order valence-electron chi connectivity index (χ3n) is 5.95. The average molecular weight is 405 g/mol. The van der Waals surface area contributed by atoms with Crippen molar-refractivity contribution in [2.75, 3.05) is 13.7 Å². The van der Waals surface area contributed by atoms with Gasteiger partial charge in [0.05, 0.1) is 20.3 Å². The SMILES string of the molecule is COc1ccc(COC[C@H]2O[C@H]2[C@@H](O)C#C[Si](C(C)C)(C(C)C)C(C)C)cc1. The third kappa shape index (κ3) is 5.39. The van der Waals surface area contributed by atoms with Crippen molar-refractivity contribution in [3.8, 4) is 17.2 Å². The second kappa shape index (κ2) is 9.93. The van der Waals surface area contributed by atoms with Gasteiger partial charge in [0.25, 0.3) is 0 Å². The van der Waals surface area contributed by atoms with E-state index in [1.165, 1.54) is 0 Å². The zero-order valence-electron chi connectivity index (χ0n) is 18.4. The Labute approximate surface area is 171 Å². The second-order valence-electron chi connectivity index (χ2n) is 8.61. The van der Waals surface area contributed by atoms with Gasteiger partial charge >= 0.3 is 0 Å². The summed E-state index contributed by atoms with van der Waals surface area (Å²) < 4.78 is 16.5. The highest BCUT2D eigenvalue weighted by molar-refractivity contribution is 6.90. The summed E-state index contributed by atoms with van der Waals surface area (Å²) in [6.07, 6.45) is -1.05. The van der Waals surface area contributed by atoms with Crippen molar-refractivity contribution in [1.29, 1.82) is 0 Å². The van der Waals surface area contributed by atoms with Crippen LogP contribution in [0, 0.1) is 11.5 Å². The fraction of sp³-hybridized carbons (Fsp3) is 0.652. The van der Waals surface area contributed by atoms with Crippen molar-refractivity contribution >= 4 is 8.07 Å². The molecule has 1 fully saturated rings. The fourth-order valence-corrected chi connectivity index (χ4v) is 9.56. The predicted octanol–water partition coefficient (Wildman–Crippen LogP) is 4.56. The topological polar surface area (TPSA) is 51.2 Å². The Kier molecular flexibility index (Phi) is 8.14. The largest absolute Gasteiger partial charge is 0.497 e. The van der Waals surface area contributed by atoms with Crippen LogP contribution in [0.2, 0.25) is 16.6 Å². The number of hydrogen-bond donors (Lipinski definition) is 1. The lowest BCUT2D eigenvalue weighted by molar-refractivity contribution is 0.104. The number of aliphatic hydroxyl groups is 1. The summed E-state index contributed by atoms with van der Waals surface area (Å²) in [5.41, 5.74) is 6.31. The maximum atomic E-state index is 10.5. The van der Waals surface area contributed by atoms with E-state index >= 15 is 0 Å². The van der Waals surface area contributed by atoms with E-state index in [0.717, 1.165) is 11.3 Å². The van der Waals surface area contributed by atoms with E-state index in [4.69, 9.17) is 14.2 Å². The molecule has 1 aromatic carbocycles. The molecule has 1 N–H and O–H groups in total. The molecule has 1 aliphatic rings. The molecule has 1 heterocycles. The highest BCUT2D eigenvalue weighted by atomic mass is 28.3. The molecule has 4 nitrogen and oxygen atoms in total. The van der Waals surface area contributed by atoms with Gasteiger partial charge in [-0.25, -0.2) is 0 Å². The molecule has 0 spiro atoms. The Hall–Kier alpha value is -1.32. The van der Waals surface area contributed by atoms with Gasteiger partial charge in [0.15, 0.2) is 0 Å². The molecule has 3 atom stereocenters. The summed E-state index contributed by atoms with van der Waals surface area (Å²) in [5.74, 6) is 3.99. The van der Waals surface area contributed by atoms with Crippen LogP contribution in [0.3, 0.4) is 0 Å². The Morgan fingerprint density at radius 3 is 2.11 bits per heavy atom. The van der Waals surface area contributed by atoms with E-state index in [-0.39, 0.29) is 12.2 Å². The lowest BCUT2D eigenvalue weighted by Gasteiger charge is -2.38. The van der Waals surface area contributed by atoms with E-state index in [9.17, 15) is 5.11 Å². The number of epoxide rings is 1. The molecule has 5 heteroatoms. The van der Waals surface area contributed by atoms with Gasteiger partial charge in [0, 0.05) is 0 Å². The van der Waals surface area contributed by atoms with Gasteiger partial charge in [-0.2, -0.15) is 0 Å². The van der Waals surface area contributed by atoms with E-state index < -0.39 is 14.2 Å². The predicted molar refractivity (Wildman–Crippen MR) is 116 cm³/mol. The molecule has 1 saturated heterocycles. The van der Waals surface area contributed by atoms with Gasteiger partial charge in [0.1, 0.15) is 32.1 Å². The highest BCUT2D eigenvalue weighted by Gasteiger charge is 2.45. The minimum absolute atomic E-state index is 0.0734. The Morgan fingerprint density at radius 2 is 1.61 bits per heavy atom. The van der Waals surface area contributed by atoms with Gasteiger partial charge in [0.2, 0.25) is 0 Å². The molecule has 28 heavy (non-hydrogen) atoms. The molecular weight excluding hydrogens is 368 g/mol. The summed E-state index contributed by atoms with van der Waals surface area (Å²) in [5, 5.41) is 10.5. The van der Waals surface area contributed by atoms with Crippen molar-refractivity contribution in [3.63, 3.8) is 0 Å². The number of rotatable bonds is 9. The van der Waals surface area contributed by atoms with Crippen molar-refractivity contribution in [1.82, 2.24) is 0 Å². The van der Waals surface area contributed by atoms with Crippen molar-refractivity contribution in [2.24, 2.45) is 0 Å². The van der Waals surface area contributed by atoms with E-state index in [1.807, 2.05) is 24.3 Å². The number of aliphatic hydroxyl groups excluding tert-OH is 1. The Balaban J connectivity index is 1.86. The standard InChI is InChI=1S/C23H36O4Si/c1-16(2)28(17(3)4,18(5)6)13-12-21(24)23-22(27-23)15-26-14-19-8-10-20(25-7)11-9-19/h8-11,16-18,21-24H,14-15H2,1-7H3/t21-,22+,23-/m0/s1. The lowest BCUT2D eigenvalue weighted by Crippen LogP contribution is -2.43. The van der Waals surface area contributed by atoms with Crippen LogP contribution in [-0.2, 0) is 16.1 Å². The highest BCUT2D eigenvalue weighted by Crippen LogP contribution is 2.41. The molecule has 2 rings (SSSR count). The van der Waals surface area contributed by atoms with Crippen LogP contribution < -0.4 is 4.74 Å². The zero-order chi connectivity index (χ0) is 20.9. The van der Waals surface area contributed by atoms with Crippen LogP contribution in [-0.4, -0.2) is 45.2 Å². The summed E-state index contributed by atoms with van der Waals surface area (Å²) in [4.78, 5) is 0. The molecule has 0 unspecified atom stereocenters. The molecule has 1 aromatic rings. The first kappa shape index (κ1) is 23.0. The molecule has 0 amide bonds. The third-order valence-corrected chi connectivity index (χ3v) is 12.3. The first-order valence-electron chi connectivity index (χ1n) is 10.3. The number of methoxy groups -OCH3 is 1. The van der Waals surface area contributed by atoms with Crippen LogP contribution in [0.4, 0.5) is 0 Å². The van der Waals surface area contributed by atoms with Crippen molar-refractivity contribution in [3.05, 3.63) is 29.8 Å². The van der Waals surface area contributed by atoms with Gasteiger partial charge < -0.3 is 19.3 Å².